The molecule has 2 rings (SSSR count). The number of hydrogen-bond donors (Lipinski definition) is 1. The molecule has 1 aliphatic rings. The first-order chi connectivity index (χ1) is 6.48. The molecule has 1 heterocycles. The standard InChI is InChI=1S/C11H14O2S/c1-11(2,3)7-4-8-9(5-10(7)14)13-6-12-8/h4-5,14H,6H2,1-3H3. The third-order valence-corrected chi connectivity index (χ3v) is 2.67. The monoisotopic (exact) mass is 210 g/mol. The van der Waals surface area contributed by atoms with Gasteiger partial charge in [0.2, 0.25) is 6.79 Å². The van der Waals surface area contributed by atoms with Gasteiger partial charge in [-0.2, -0.15) is 0 Å². The van der Waals surface area contributed by atoms with E-state index in [1.54, 1.807) is 0 Å². The van der Waals surface area contributed by atoms with Crippen molar-refractivity contribution in [1.29, 1.82) is 0 Å². The van der Waals surface area contributed by atoms with Gasteiger partial charge in [0, 0.05) is 4.90 Å². The number of ether oxygens (including phenoxy) is 2. The quantitative estimate of drug-likeness (QED) is 0.664. The summed E-state index contributed by atoms with van der Waals surface area (Å²) in [6.45, 7) is 6.79. The molecule has 0 aliphatic carbocycles. The van der Waals surface area contributed by atoms with E-state index in [0.29, 0.717) is 6.79 Å². The molecular weight excluding hydrogens is 196 g/mol. The van der Waals surface area contributed by atoms with Gasteiger partial charge in [0.25, 0.3) is 0 Å². The van der Waals surface area contributed by atoms with Crippen molar-refractivity contribution in [3.05, 3.63) is 17.7 Å². The van der Waals surface area contributed by atoms with Gasteiger partial charge in [-0.3, -0.25) is 0 Å². The number of fused-ring (bicyclic) bond motifs is 1. The van der Waals surface area contributed by atoms with Crippen LogP contribution in [0.1, 0.15) is 26.3 Å². The number of hydrogen-bond acceptors (Lipinski definition) is 3. The maximum atomic E-state index is 5.33. The molecule has 3 heteroatoms. The Balaban J connectivity index is 2.53. The molecule has 1 aromatic carbocycles. The summed E-state index contributed by atoms with van der Waals surface area (Å²) < 4.78 is 10.6. The summed E-state index contributed by atoms with van der Waals surface area (Å²) in [6.07, 6.45) is 0. The lowest BCUT2D eigenvalue weighted by atomic mass is 9.87. The minimum Gasteiger partial charge on any atom is -0.454 e. The van der Waals surface area contributed by atoms with Crippen molar-refractivity contribution in [3.8, 4) is 11.5 Å². The predicted octanol–water partition coefficient (Wildman–Crippen LogP) is 3.00. The van der Waals surface area contributed by atoms with E-state index in [1.807, 2.05) is 12.1 Å². The Kier molecular flexibility index (Phi) is 2.14. The second-order valence-corrected chi connectivity index (χ2v) is 4.95. The highest BCUT2D eigenvalue weighted by atomic mass is 32.1. The number of rotatable bonds is 0. The molecule has 0 amide bonds. The van der Waals surface area contributed by atoms with Crippen molar-refractivity contribution in [2.75, 3.05) is 6.79 Å². The molecule has 0 fully saturated rings. The fraction of sp³-hybridized carbons (Fsp3) is 0.455. The van der Waals surface area contributed by atoms with Crippen molar-refractivity contribution in [1.82, 2.24) is 0 Å². The molecule has 14 heavy (non-hydrogen) atoms. The summed E-state index contributed by atoms with van der Waals surface area (Å²) in [5.41, 5.74) is 1.27. The van der Waals surface area contributed by atoms with Gasteiger partial charge in [0.15, 0.2) is 11.5 Å². The summed E-state index contributed by atoms with van der Waals surface area (Å²) in [7, 11) is 0. The maximum absolute atomic E-state index is 5.33. The molecule has 0 saturated heterocycles. The van der Waals surface area contributed by atoms with E-state index in [9.17, 15) is 0 Å². The number of benzene rings is 1. The van der Waals surface area contributed by atoms with Crippen LogP contribution in [0.25, 0.3) is 0 Å². The summed E-state index contributed by atoms with van der Waals surface area (Å²) in [5.74, 6) is 1.62. The highest BCUT2D eigenvalue weighted by Crippen LogP contribution is 2.40. The van der Waals surface area contributed by atoms with Crippen LogP contribution in [0.15, 0.2) is 17.0 Å². The SMILES string of the molecule is CC(C)(C)c1cc2c(cc1S)OCO2. The first-order valence-electron chi connectivity index (χ1n) is 4.61. The lowest BCUT2D eigenvalue weighted by molar-refractivity contribution is 0.174. The van der Waals surface area contributed by atoms with E-state index >= 15 is 0 Å². The zero-order valence-electron chi connectivity index (χ0n) is 8.63. The van der Waals surface area contributed by atoms with Crippen LogP contribution < -0.4 is 9.47 Å². The molecule has 0 radical (unpaired) electrons. The molecule has 0 aromatic heterocycles. The molecule has 0 bridgehead atoms. The molecule has 1 aliphatic heterocycles. The average molecular weight is 210 g/mol. The van der Waals surface area contributed by atoms with Gasteiger partial charge >= 0.3 is 0 Å². The molecule has 0 saturated carbocycles. The molecule has 1 aromatic rings. The van der Waals surface area contributed by atoms with Crippen LogP contribution in [0.2, 0.25) is 0 Å². The van der Waals surface area contributed by atoms with Crippen molar-refractivity contribution in [3.63, 3.8) is 0 Å². The Hall–Kier alpha value is -0.830. The molecule has 76 valence electrons. The van der Waals surface area contributed by atoms with Crippen molar-refractivity contribution >= 4 is 12.6 Å². The lowest BCUT2D eigenvalue weighted by Crippen LogP contribution is -2.11. The fourth-order valence-electron chi connectivity index (χ4n) is 1.53. The van der Waals surface area contributed by atoms with Crippen LogP contribution in [0, 0.1) is 0 Å². The molecule has 2 nitrogen and oxygen atoms in total. The van der Waals surface area contributed by atoms with Crippen LogP contribution in [0.3, 0.4) is 0 Å². The minimum atomic E-state index is 0.0814. The van der Waals surface area contributed by atoms with Crippen LogP contribution >= 0.6 is 12.6 Å². The van der Waals surface area contributed by atoms with Gasteiger partial charge in [-0.05, 0) is 23.1 Å². The summed E-state index contributed by atoms with van der Waals surface area (Å²) in [6, 6.07) is 3.94. The second-order valence-electron chi connectivity index (χ2n) is 4.47. The van der Waals surface area contributed by atoms with E-state index in [0.717, 1.165) is 16.4 Å². The van der Waals surface area contributed by atoms with Gasteiger partial charge < -0.3 is 9.47 Å². The average Bonchev–Trinajstić information content (AvgIpc) is 2.47. The van der Waals surface area contributed by atoms with Crippen molar-refractivity contribution in [2.24, 2.45) is 0 Å². The highest BCUT2D eigenvalue weighted by molar-refractivity contribution is 7.80. The first kappa shape index (κ1) is 9.71. The number of thiol groups is 1. The van der Waals surface area contributed by atoms with Crippen LogP contribution in [-0.4, -0.2) is 6.79 Å². The predicted molar refractivity (Wildman–Crippen MR) is 58.5 cm³/mol. The van der Waals surface area contributed by atoms with E-state index in [4.69, 9.17) is 9.47 Å². The van der Waals surface area contributed by atoms with Crippen LogP contribution in [0.4, 0.5) is 0 Å². The Morgan fingerprint density at radius 2 is 1.71 bits per heavy atom. The lowest BCUT2D eigenvalue weighted by Gasteiger charge is -2.21. The molecular formula is C11H14O2S. The van der Waals surface area contributed by atoms with Gasteiger partial charge in [0.05, 0.1) is 0 Å². The minimum absolute atomic E-state index is 0.0814. The topological polar surface area (TPSA) is 18.5 Å². The Bertz CT molecular complexity index is 366. The Labute approximate surface area is 89.6 Å². The Morgan fingerprint density at radius 3 is 2.29 bits per heavy atom. The normalized spacial score (nSPS) is 14.6. The fourth-order valence-corrected chi connectivity index (χ4v) is 2.05. The molecule has 0 unspecified atom stereocenters. The third-order valence-electron chi connectivity index (χ3n) is 2.30. The van der Waals surface area contributed by atoms with Gasteiger partial charge in [-0.15, -0.1) is 12.6 Å². The van der Waals surface area contributed by atoms with Gasteiger partial charge in [-0.25, -0.2) is 0 Å². The zero-order chi connectivity index (χ0) is 10.3. The van der Waals surface area contributed by atoms with E-state index < -0.39 is 0 Å². The van der Waals surface area contributed by atoms with E-state index in [1.165, 1.54) is 5.56 Å². The highest BCUT2D eigenvalue weighted by Gasteiger charge is 2.22. The molecule has 0 spiro atoms. The summed E-state index contributed by atoms with van der Waals surface area (Å²) in [4.78, 5) is 0.960. The van der Waals surface area contributed by atoms with Crippen LogP contribution in [-0.2, 0) is 5.41 Å². The smallest absolute Gasteiger partial charge is 0.231 e. The van der Waals surface area contributed by atoms with E-state index in [2.05, 4.69) is 33.4 Å². The largest absolute Gasteiger partial charge is 0.454 e. The summed E-state index contributed by atoms with van der Waals surface area (Å²) >= 11 is 4.45. The summed E-state index contributed by atoms with van der Waals surface area (Å²) in [5, 5.41) is 0. The molecule has 0 N–H and O–H groups in total. The van der Waals surface area contributed by atoms with Gasteiger partial charge in [0.1, 0.15) is 0 Å². The zero-order valence-corrected chi connectivity index (χ0v) is 9.52. The van der Waals surface area contributed by atoms with Crippen LogP contribution in [0.5, 0.6) is 11.5 Å². The second kappa shape index (κ2) is 3.09. The maximum Gasteiger partial charge on any atom is 0.231 e. The first-order valence-corrected chi connectivity index (χ1v) is 5.06. The van der Waals surface area contributed by atoms with Crippen molar-refractivity contribution in [2.45, 2.75) is 31.1 Å². The third kappa shape index (κ3) is 1.57. The van der Waals surface area contributed by atoms with Gasteiger partial charge in [-0.1, -0.05) is 20.8 Å². The van der Waals surface area contributed by atoms with Crippen molar-refractivity contribution < 1.29 is 9.47 Å². The molecule has 0 atom stereocenters. The van der Waals surface area contributed by atoms with E-state index in [-0.39, 0.29) is 5.41 Å². The Morgan fingerprint density at radius 1 is 1.14 bits per heavy atom.